The molecule has 2 atom stereocenters. The first-order valence-corrected chi connectivity index (χ1v) is 5.56. The fraction of sp³-hybridized carbons (Fsp3) is 0.636. The summed E-state index contributed by atoms with van der Waals surface area (Å²) in [7, 11) is 0. The summed E-state index contributed by atoms with van der Waals surface area (Å²) in [6.07, 6.45) is -0.716. The van der Waals surface area contributed by atoms with Gasteiger partial charge in [0.05, 0.1) is 12.6 Å². The molecule has 0 aromatic carbocycles. The van der Waals surface area contributed by atoms with Gasteiger partial charge < -0.3 is 15.7 Å². The second-order valence-corrected chi connectivity index (χ2v) is 5.11. The Morgan fingerprint density at radius 3 is 2.88 bits per heavy atom. The summed E-state index contributed by atoms with van der Waals surface area (Å²) in [6.45, 7) is 4.23. The summed E-state index contributed by atoms with van der Waals surface area (Å²) in [4.78, 5) is 9.86. The lowest BCUT2D eigenvalue weighted by atomic mass is 9.80. The van der Waals surface area contributed by atoms with Crippen molar-refractivity contribution in [3.8, 4) is 0 Å². The predicted molar refractivity (Wildman–Crippen MR) is 63.3 cm³/mol. The van der Waals surface area contributed by atoms with Gasteiger partial charge in [0.2, 0.25) is 5.95 Å². The molecule has 0 aliphatic carbocycles. The maximum absolute atomic E-state index is 13.7. The lowest BCUT2D eigenvalue weighted by molar-refractivity contribution is -0.0257. The van der Waals surface area contributed by atoms with Crippen molar-refractivity contribution >= 4 is 11.8 Å². The first-order chi connectivity index (χ1) is 7.90. The molecule has 0 radical (unpaired) electrons. The summed E-state index contributed by atoms with van der Waals surface area (Å²) in [6, 6.07) is 1.58. The summed E-state index contributed by atoms with van der Waals surface area (Å²) >= 11 is 0. The van der Waals surface area contributed by atoms with Crippen LogP contribution in [0.4, 0.5) is 16.2 Å². The Balaban J connectivity index is 2.24. The molecule has 0 spiro atoms. The Morgan fingerprint density at radius 2 is 2.29 bits per heavy atom. The van der Waals surface area contributed by atoms with E-state index in [4.69, 9.17) is 5.73 Å². The Kier molecular flexibility index (Phi) is 2.91. The van der Waals surface area contributed by atoms with Gasteiger partial charge in [-0.1, -0.05) is 13.8 Å². The number of nitrogens with two attached hydrogens (primary N) is 1. The normalized spacial score (nSPS) is 28.1. The van der Waals surface area contributed by atoms with Crippen molar-refractivity contribution in [2.75, 3.05) is 23.7 Å². The van der Waals surface area contributed by atoms with Crippen molar-refractivity contribution in [1.82, 2.24) is 9.97 Å². The number of halogens is 1. The summed E-state index contributed by atoms with van der Waals surface area (Å²) in [5, 5.41) is 9.76. The number of aliphatic hydroxyl groups is 1. The van der Waals surface area contributed by atoms with Crippen LogP contribution in [0.2, 0.25) is 0 Å². The lowest BCUT2D eigenvalue weighted by Gasteiger charge is -2.43. The maximum Gasteiger partial charge on any atom is 0.227 e. The third kappa shape index (κ3) is 2.31. The molecule has 94 valence electrons. The van der Waals surface area contributed by atoms with Crippen LogP contribution in [0.1, 0.15) is 13.8 Å². The summed E-state index contributed by atoms with van der Waals surface area (Å²) in [5.41, 5.74) is 5.04. The predicted octanol–water partition coefficient (Wildman–Crippen LogP) is 0.604. The third-order valence-corrected chi connectivity index (χ3v) is 3.08. The van der Waals surface area contributed by atoms with Crippen molar-refractivity contribution in [3.05, 3.63) is 12.3 Å². The van der Waals surface area contributed by atoms with Gasteiger partial charge in [-0.2, -0.15) is 4.98 Å². The van der Waals surface area contributed by atoms with Gasteiger partial charge >= 0.3 is 0 Å². The van der Waals surface area contributed by atoms with Gasteiger partial charge in [0, 0.05) is 18.2 Å². The number of anilines is 2. The standard InChI is InChI=1S/C11H17FN4O/c1-11(2)6-16(5-7(12)9(11)17)10-14-4-3-8(13)15-10/h3-4,7,9,17H,5-6H2,1-2H3,(H2,13,14,15)/t7-,9-/m0/s1. The van der Waals surface area contributed by atoms with Crippen molar-refractivity contribution in [2.24, 2.45) is 5.41 Å². The molecular formula is C11H17FN4O. The van der Waals surface area contributed by atoms with E-state index in [0.717, 1.165) is 0 Å². The number of aliphatic hydroxyl groups excluding tert-OH is 1. The minimum Gasteiger partial charge on any atom is -0.389 e. The van der Waals surface area contributed by atoms with Crippen molar-refractivity contribution < 1.29 is 9.50 Å². The average Bonchev–Trinajstić information content (AvgIpc) is 2.25. The molecule has 1 saturated heterocycles. The highest BCUT2D eigenvalue weighted by Gasteiger charge is 2.42. The number of nitrogen functional groups attached to an aromatic ring is 1. The van der Waals surface area contributed by atoms with Crippen molar-refractivity contribution in [2.45, 2.75) is 26.1 Å². The molecule has 1 aromatic heterocycles. The molecule has 1 aliphatic heterocycles. The molecule has 0 unspecified atom stereocenters. The van der Waals surface area contributed by atoms with Gasteiger partial charge in [-0.15, -0.1) is 0 Å². The molecule has 6 heteroatoms. The molecule has 5 nitrogen and oxygen atoms in total. The second-order valence-electron chi connectivity index (χ2n) is 5.11. The van der Waals surface area contributed by atoms with Crippen molar-refractivity contribution in [1.29, 1.82) is 0 Å². The zero-order valence-corrected chi connectivity index (χ0v) is 9.97. The summed E-state index contributed by atoms with van der Waals surface area (Å²) < 4.78 is 13.7. The van der Waals surface area contributed by atoms with Crippen molar-refractivity contribution in [3.63, 3.8) is 0 Å². The zero-order valence-electron chi connectivity index (χ0n) is 9.97. The molecule has 2 rings (SSSR count). The molecule has 2 heterocycles. The molecular weight excluding hydrogens is 223 g/mol. The maximum atomic E-state index is 13.7. The Bertz CT molecular complexity index is 412. The number of piperidine rings is 1. The van der Waals surface area contributed by atoms with E-state index in [2.05, 4.69) is 9.97 Å². The van der Waals surface area contributed by atoms with Crippen LogP contribution in [0.3, 0.4) is 0 Å². The lowest BCUT2D eigenvalue weighted by Crippen LogP contribution is -2.55. The highest BCUT2D eigenvalue weighted by atomic mass is 19.1. The van der Waals surface area contributed by atoms with E-state index in [0.29, 0.717) is 18.3 Å². The monoisotopic (exact) mass is 240 g/mol. The number of nitrogens with zero attached hydrogens (tertiary/aromatic N) is 3. The van der Waals surface area contributed by atoms with Crippen LogP contribution >= 0.6 is 0 Å². The van der Waals surface area contributed by atoms with Crippen LogP contribution in [-0.2, 0) is 0 Å². The van der Waals surface area contributed by atoms with Gasteiger partial charge in [-0.3, -0.25) is 0 Å². The molecule has 1 aromatic rings. The van der Waals surface area contributed by atoms with Gasteiger partial charge in [-0.25, -0.2) is 9.37 Å². The topological polar surface area (TPSA) is 75.3 Å². The van der Waals surface area contributed by atoms with E-state index in [-0.39, 0.29) is 6.54 Å². The molecule has 1 fully saturated rings. The van der Waals surface area contributed by atoms with E-state index in [9.17, 15) is 9.50 Å². The SMILES string of the molecule is CC1(C)CN(c2nccc(N)n2)C[C@H](F)[C@@H]1O. The first-order valence-electron chi connectivity index (χ1n) is 5.56. The fourth-order valence-corrected chi connectivity index (χ4v) is 2.12. The molecule has 3 N–H and O–H groups in total. The van der Waals surface area contributed by atoms with E-state index >= 15 is 0 Å². The molecule has 0 saturated carbocycles. The molecule has 0 amide bonds. The molecule has 0 bridgehead atoms. The van der Waals surface area contributed by atoms with Crippen LogP contribution in [0.25, 0.3) is 0 Å². The number of hydrogen-bond donors (Lipinski definition) is 2. The minimum atomic E-state index is -1.30. The molecule has 17 heavy (non-hydrogen) atoms. The Morgan fingerprint density at radius 1 is 1.59 bits per heavy atom. The largest absolute Gasteiger partial charge is 0.389 e. The van der Waals surface area contributed by atoms with E-state index in [1.54, 1.807) is 17.2 Å². The van der Waals surface area contributed by atoms with E-state index < -0.39 is 17.7 Å². The van der Waals surface area contributed by atoms with Gasteiger partial charge in [0.1, 0.15) is 12.0 Å². The van der Waals surface area contributed by atoms with E-state index in [1.807, 2.05) is 13.8 Å². The summed E-state index contributed by atoms with van der Waals surface area (Å²) in [5.74, 6) is 0.766. The highest BCUT2D eigenvalue weighted by molar-refractivity contribution is 5.39. The zero-order chi connectivity index (χ0) is 12.6. The van der Waals surface area contributed by atoms with Crippen LogP contribution in [0, 0.1) is 5.41 Å². The molecule has 1 aliphatic rings. The van der Waals surface area contributed by atoms with Gasteiger partial charge in [0.25, 0.3) is 0 Å². The number of rotatable bonds is 1. The van der Waals surface area contributed by atoms with Crippen LogP contribution in [0.15, 0.2) is 12.3 Å². The quantitative estimate of drug-likeness (QED) is 0.752. The highest BCUT2D eigenvalue weighted by Crippen LogP contribution is 2.32. The van der Waals surface area contributed by atoms with Gasteiger partial charge in [0.15, 0.2) is 0 Å². The van der Waals surface area contributed by atoms with Gasteiger partial charge in [-0.05, 0) is 6.07 Å². The fourth-order valence-electron chi connectivity index (χ4n) is 2.12. The van der Waals surface area contributed by atoms with Crippen LogP contribution in [-0.4, -0.2) is 40.4 Å². The number of hydrogen-bond acceptors (Lipinski definition) is 5. The number of aromatic nitrogens is 2. The van der Waals surface area contributed by atoms with Crippen LogP contribution in [0.5, 0.6) is 0 Å². The minimum absolute atomic E-state index is 0.0913. The number of alkyl halides is 1. The second kappa shape index (κ2) is 4.10. The first kappa shape index (κ1) is 12.0. The third-order valence-electron chi connectivity index (χ3n) is 3.08. The average molecular weight is 240 g/mol. The van der Waals surface area contributed by atoms with Crippen LogP contribution < -0.4 is 10.6 Å². The smallest absolute Gasteiger partial charge is 0.227 e. The Hall–Kier alpha value is -1.43. The van der Waals surface area contributed by atoms with E-state index in [1.165, 1.54) is 0 Å². The Labute approximate surface area is 99.5 Å².